The van der Waals surface area contributed by atoms with Crippen molar-refractivity contribution in [1.82, 2.24) is 10.2 Å². The fourth-order valence-electron chi connectivity index (χ4n) is 2.88. The molecule has 0 aromatic heterocycles. The molecule has 3 N–H and O–H groups in total. The highest BCUT2D eigenvalue weighted by molar-refractivity contribution is 5.94. The van der Waals surface area contributed by atoms with E-state index in [0.717, 1.165) is 18.4 Å². The summed E-state index contributed by atoms with van der Waals surface area (Å²) in [4.78, 5) is 36.5. The summed E-state index contributed by atoms with van der Waals surface area (Å²) < 4.78 is 0. The van der Waals surface area contributed by atoms with E-state index in [4.69, 9.17) is 5.73 Å². The molecule has 1 aromatic rings. The van der Waals surface area contributed by atoms with Crippen LogP contribution in [-0.4, -0.2) is 42.8 Å². The Kier molecular flexibility index (Phi) is 6.12. The summed E-state index contributed by atoms with van der Waals surface area (Å²) in [5, 5.41) is 2.56. The van der Waals surface area contributed by atoms with E-state index in [1.54, 1.807) is 42.3 Å². The zero-order valence-corrected chi connectivity index (χ0v) is 13.8. The van der Waals surface area contributed by atoms with Gasteiger partial charge in [-0.1, -0.05) is 12.1 Å². The molecular formula is C18H23N3O3. The van der Waals surface area contributed by atoms with Crippen LogP contribution in [0.1, 0.15) is 35.2 Å². The predicted octanol–water partition coefficient (Wildman–Crippen LogP) is 1.17. The number of primary amides is 1. The number of rotatable bonds is 5. The Morgan fingerprint density at radius 2 is 2.00 bits per heavy atom. The monoisotopic (exact) mass is 329 g/mol. The van der Waals surface area contributed by atoms with E-state index in [0.29, 0.717) is 25.1 Å². The summed E-state index contributed by atoms with van der Waals surface area (Å²) in [5.41, 5.74) is 6.66. The molecule has 0 aliphatic carbocycles. The molecule has 0 saturated carbocycles. The Morgan fingerprint density at radius 3 is 2.62 bits per heavy atom. The molecule has 2 rings (SSSR count). The first kappa shape index (κ1) is 17.7. The molecule has 24 heavy (non-hydrogen) atoms. The highest BCUT2D eigenvalue weighted by Gasteiger charge is 2.23. The van der Waals surface area contributed by atoms with Gasteiger partial charge in [0.1, 0.15) is 0 Å². The van der Waals surface area contributed by atoms with Crippen molar-refractivity contribution in [2.75, 3.05) is 20.1 Å². The van der Waals surface area contributed by atoms with Crippen LogP contribution in [0.3, 0.4) is 0 Å². The number of nitrogens with zero attached hydrogens (tertiary/aromatic N) is 1. The molecule has 1 saturated heterocycles. The quantitative estimate of drug-likeness (QED) is 0.794. The summed E-state index contributed by atoms with van der Waals surface area (Å²) in [6.07, 6.45) is 5.40. The van der Waals surface area contributed by atoms with Crippen LogP contribution in [0.15, 0.2) is 30.3 Å². The van der Waals surface area contributed by atoms with Gasteiger partial charge >= 0.3 is 0 Å². The first-order valence-electron chi connectivity index (χ1n) is 8.07. The number of nitrogens with two attached hydrogens (primary N) is 1. The second kappa shape index (κ2) is 8.29. The highest BCUT2D eigenvalue weighted by atomic mass is 16.2. The number of likely N-dealkylation sites (tertiary alicyclic amines) is 1. The third-order valence-corrected chi connectivity index (χ3v) is 4.14. The Bertz CT molecular complexity index is 637. The number of benzene rings is 1. The van der Waals surface area contributed by atoms with E-state index in [1.807, 2.05) is 0 Å². The number of piperidine rings is 1. The zero-order valence-electron chi connectivity index (χ0n) is 13.8. The first-order chi connectivity index (χ1) is 11.5. The molecule has 1 aliphatic heterocycles. The Labute approximate surface area is 141 Å². The van der Waals surface area contributed by atoms with E-state index in [2.05, 4.69) is 5.32 Å². The van der Waals surface area contributed by atoms with Gasteiger partial charge in [0, 0.05) is 38.2 Å². The summed E-state index contributed by atoms with van der Waals surface area (Å²) in [6.45, 7) is 1.27. The summed E-state index contributed by atoms with van der Waals surface area (Å²) >= 11 is 0. The molecule has 0 unspecified atom stereocenters. The molecule has 1 atom stereocenters. The lowest BCUT2D eigenvalue weighted by Gasteiger charge is -2.31. The van der Waals surface area contributed by atoms with Crippen LogP contribution in [0.25, 0.3) is 6.08 Å². The van der Waals surface area contributed by atoms with Crippen molar-refractivity contribution in [3.63, 3.8) is 0 Å². The van der Waals surface area contributed by atoms with Gasteiger partial charge < -0.3 is 16.0 Å². The average Bonchev–Trinajstić information content (AvgIpc) is 2.59. The van der Waals surface area contributed by atoms with Gasteiger partial charge in [-0.05, 0) is 42.5 Å². The molecule has 1 heterocycles. The van der Waals surface area contributed by atoms with Gasteiger partial charge in [0.2, 0.25) is 11.8 Å². The van der Waals surface area contributed by atoms with Gasteiger partial charge in [-0.15, -0.1) is 0 Å². The van der Waals surface area contributed by atoms with Crippen molar-refractivity contribution in [2.45, 2.75) is 19.3 Å². The number of amides is 3. The third-order valence-electron chi connectivity index (χ3n) is 4.14. The molecule has 128 valence electrons. The number of carbonyl (C=O) groups excluding carboxylic acids is 3. The molecule has 6 heteroatoms. The van der Waals surface area contributed by atoms with Gasteiger partial charge in [-0.25, -0.2) is 0 Å². The second-order valence-electron chi connectivity index (χ2n) is 6.00. The van der Waals surface area contributed by atoms with Crippen molar-refractivity contribution in [3.8, 4) is 0 Å². The molecule has 3 amide bonds. The van der Waals surface area contributed by atoms with Gasteiger partial charge in [-0.3, -0.25) is 14.4 Å². The average molecular weight is 329 g/mol. The van der Waals surface area contributed by atoms with E-state index in [1.165, 1.54) is 6.08 Å². The molecule has 1 fully saturated rings. The van der Waals surface area contributed by atoms with Crippen LogP contribution in [0.2, 0.25) is 0 Å². The van der Waals surface area contributed by atoms with Crippen LogP contribution in [0.5, 0.6) is 0 Å². The van der Waals surface area contributed by atoms with Crippen LogP contribution >= 0.6 is 0 Å². The minimum atomic E-state index is -0.318. The third kappa shape index (κ3) is 4.94. The normalized spacial score (nSPS) is 17.7. The topological polar surface area (TPSA) is 92.5 Å². The molecule has 0 bridgehead atoms. The Balaban J connectivity index is 1.94. The molecular weight excluding hydrogens is 306 g/mol. The van der Waals surface area contributed by atoms with Crippen molar-refractivity contribution in [3.05, 3.63) is 41.5 Å². The predicted molar refractivity (Wildman–Crippen MR) is 92.0 cm³/mol. The van der Waals surface area contributed by atoms with Crippen LogP contribution in [0, 0.1) is 5.92 Å². The lowest BCUT2D eigenvalue weighted by Crippen LogP contribution is -2.40. The maximum absolute atomic E-state index is 12.3. The fraction of sp³-hybridized carbons (Fsp3) is 0.389. The van der Waals surface area contributed by atoms with Crippen LogP contribution in [0.4, 0.5) is 0 Å². The fourth-order valence-corrected chi connectivity index (χ4v) is 2.88. The van der Waals surface area contributed by atoms with Gasteiger partial charge in [0.05, 0.1) is 0 Å². The zero-order chi connectivity index (χ0) is 17.5. The smallest absolute Gasteiger partial charge is 0.251 e. The number of nitrogens with one attached hydrogen (secondary N) is 1. The maximum atomic E-state index is 12.3. The van der Waals surface area contributed by atoms with Crippen molar-refractivity contribution >= 4 is 23.8 Å². The van der Waals surface area contributed by atoms with E-state index >= 15 is 0 Å². The lowest BCUT2D eigenvalue weighted by molar-refractivity contribution is -0.129. The van der Waals surface area contributed by atoms with Crippen LogP contribution < -0.4 is 11.1 Å². The second-order valence-corrected chi connectivity index (χ2v) is 6.00. The number of carbonyl (C=O) groups is 3. The van der Waals surface area contributed by atoms with Gasteiger partial charge in [0.25, 0.3) is 5.91 Å². The minimum absolute atomic E-state index is 0.0699. The lowest BCUT2D eigenvalue weighted by atomic mass is 9.94. The molecule has 0 spiro atoms. The summed E-state index contributed by atoms with van der Waals surface area (Å²) in [7, 11) is 1.58. The SMILES string of the molecule is CNC(=O)c1ccc(/C=C/C(=O)N2CCC[C@H](CC(N)=O)C2)cc1. The van der Waals surface area contributed by atoms with E-state index < -0.39 is 0 Å². The molecule has 1 aliphatic rings. The number of hydrogen-bond acceptors (Lipinski definition) is 3. The van der Waals surface area contributed by atoms with E-state index in [9.17, 15) is 14.4 Å². The van der Waals surface area contributed by atoms with Crippen molar-refractivity contribution in [1.29, 1.82) is 0 Å². The maximum Gasteiger partial charge on any atom is 0.251 e. The Hall–Kier alpha value is -2.63. The van der Waals surface area contributed by atoms with Gasteiger partial charge in [-0.2, -0.15) is 0 Å². The minimum Gasteiger partial charge on any atom is -0.370 e. The van der Waals surface area contributed by atoms with Crippen molar-refractivity contribution < 1.29 is 14.4 Å². The first-order valence-corrected chi connectivity index (χ1v) is 8.07. The summed E-state index contributed by atoms with van der Waals surface area (Å²) in [6, 6.07) is 7.01. The highest BCUT2D eigenvalue weighted by Crippen LogP contribution is 2.19. The summed E-state index contributed by atoms with van der Waals surface area (Å²) in [5.74, 6) is -0.378. The largest absolute Gasteiger partial charge is 0.370 e. The molecule has 1 aromatic carbocycles. The number of hydrogen-bond donors (Lipinski definition) is 2. The van der Waals surface area contributed by atoms with Gasteiger partial charge in [0.15, 0.2) is 0 Å². The molecule has 6 nitrogen and oxygen atoms in total. The Morgan fingerprint density at radius 1 is 1.29 bits per heavy atom. The van der Waals surface area contributed by atoms with Crippen molar-refractivity contribution in [2.24, 2.45) is 11.7 Å². The standard InChI is InChI=1S/C18H23N3O3/c1-20-18(24)15-7-4-13(5-8-15)6-9-17(23)21-10-2-3-14(12-21)11-16(19)22/h4-9,14H,2-3,10-12H2,1H3,(H2,19,22)(H,20,24)/b9-6+/t14-/m1/s1. The molecule has 0 radical (unpaired) electrons. The van der Waals surface area contributed by atoms with Crippen LogP contribution in [-0.2, 0) is 9.59 Å². The van der Waals surface area contributed by atoms with E-state index in [-0.39, 0.29) is 23.6 Å².